The minimum atomic E-state index is 0.310. The van der Waals surface area contributed by atoms with Gasteiger partial charge in [-0.2, -0.15) is 11.8 Å². The third-order valence-corrected chi connectivity index (χ3v) is 5.74. The molecule has 2 nitrogen and oxygen atoms in total. The van der Waals surface area contributed by atoms with Crippen molar-refractivity contribution in [1.29, 1.82) is 0 Å². The van der Waals surface area contributed by atoms with Crippen molar-refractivity contribution in [3.63, 3.8) is 0 Å². The maximum absolute atomic E-state index is 3.81. The molecular formula is C15H32N2S. The molecule has 0 aromatic heterocycles. The fraction of sp³-hybridized carbons (Fsp3) is 1.00. The second-order valence-corrected chi connectivity index (χ2v) is 7.21. The van der Waals surface area contributed by atoms with Gasteiger partial charge in [0.05, 0.1) is 0 Å². The molecule has 18 heavy (non-hydrogen) atoms. The largest absolute Gasteiger partial charge is 0.308 e. The number of piperazine rings is 1. The SMILES string of the molecule is CCSCCN1CC(C)(CC)NCC1(CC)CC. The van der Waals surface area contributed by atoms with Crippen LogP contribution in [0, 0.1) is 0 Å². The molecular weight excluding hydrogens is 240 g/mol. The van der Waals surface area contributed by atoms with Gasteiger partial charge in [-0.15, -0.1) is 0 Å². The summed E-state index contributed by atoms with van der Waals surface area (Å²) in [6, 6.07) is 0. The van der Waals surface area contributed by atoms with Crippen LogP contribution in [-0.2, 0) is 0 Å². The predicted octanol–water partition coefficient (Wildman–Crippen LogP) is 3.37. The molecule has 1 saturated heterocycles. The van der Waals surface area contributed by atoms with Crippen molar-refractivity contribution in [2.75, 3.05) is 31.1 Å². The van der Waals surface area contributed by atoms with Crippen LogP contribution in [-0.4, -0.2) is 47.1 Å². The van der Waals surface area contributed by atoms with Crippen molar-refractivity contribution >= 4 is 11.8 Å². The maximum atomic E-state index is 3.81. The number of nitrogens with one attached hydrogen (secondary N) is 1. The summed E-state index contributed by atoms with van der Waals surface area (Å²) in [5, 5.41) is 3.81. The molecule has 1 aliphatic heterocycles. The Hall–Kier alpha value is 0.270. The van der Waals surface area contributed by atoms with Crippen LogP contribution in [0.1, 0.15) is 53.9 Å². The normalized spacial score (nSPS) is 28.5. The zero-order valence-electron chi connectivity index (χ0n) is 13.0. The van der Waals surface area contributed by atoms with Crippen LogP contribution in [0.25, 0.3) is 0 Å². The van der Waals surface area contributed by atoms with E-state index in [1.165, 1.54) is 43.9 Å². The second kappa shape index (κ2) is 7.16. The molecule has 0 aliphatic carbocycles. The lowest BCUT2D eigenvalue weighted by Gasteiger charge is -2.53. The van der Waals surface area contributed by atoms with E-state index in [0.29, 0.717) is 11.1 Å². The Balaban J connectivity index is 2.72. The molecule has 1 aliphatic rings. The van der Waals surface area contributed by atoms with Gasteiger partial charge in [-0.05, 0) is 31.9 Å². The average molecular weight is 273 g/mol. The third-order valence-electron chi connectivity index (χ3n) is 4.86. The Morgan fingerprint density at radius 2 is 1.78 bits per heavy atom. The summed E-state index contributed by atoms with van der Waals surface area (Å²) in [6.07, 6.45) is 3.73. The molecule has 0 saturated carbocycles. The summed E-state index contributed by atoms with van der Waals surface area (Å²) >= 11 is 2.07. The van der Waals surface area contributed by atoms with E-state index in [4.69, 9.17) is 0 Å². The molecule has 0 aromatic rings. The first-order valence-electron chi connectivity index (χ1n) is 7.63. The lowest BCUT2D eigenvalue weighted by Crippen LogP contribution is -2.69. The van der Waals surface area contributed by atoms with Crippen molar-refractivity contribution in [1.82, 2.24) is 10.2 Å². The number of thioether (sulfide) groups is 1. The third kappa shape index (κ3) is 3.64. The smallest absolute Gasteiger partial charge is 0.0330 e. The van der Waals surface area contributed by atoms with Crippen LogP contribution >= 0.6 is 11.8 Å². The molecule has 1 N–H and O–H groups in total. The van der Waals surface area contributed by atoms with Crippen molar-refractivity contribution < 1.29 is 0 Å². The first-order valence-corrected chi connectivity index (χ1v) is 8.79. The molecule has 0 spiro atoms. The molecule has 1 rings (SSSR count). The van der Waals surface area contributed by atoms with Crippen molar-refractivity contribution in [2.24, 2.45) is 0 Å². The second-order valence-electron chi connectivity index (χ2n) is 5.82. The average Bonchev–Trinajstić information content (AvgIpc) is 2.40. The number of hydrogen-bond acceptors (Lipinski definition) is 3. The summed E-state index contributed by atoms with van der Waals surface area (Å²) in [4.78, 5) is 2.77. The molecule has 1 fully saturated rings. The van der Waals surface area contributed by atoms with Crippen LogP contribution < -0.4 is 5.32 Å². The summed E-state index contributed by atoms with van der Waals surface area (Å²) in [6.45, 7) is 15.2. The molecule has 0 bridgehead atoms. The highest BCUT2D eigenvalue weighted by atomic mass is 32.2. The monoisotopic (exact) mass is 272 g/mol. The van der Waals surface area contributed by atoms with Crippen LogP contribution in [0.15, 0.2) is 0 Å². The number of nitrogens with zero attached hydrogens (tertiary/aromatic N) is 1. The van der Waals surface area contributed by atoms with Crippen molar-refractivity contribution in [2.45, 2.75) is 65.0 Å². The Kier molecular flexibility index (Phi) is 6.49. The van der Waals surface area contributed by atoms with Crippen LogP contribution in [0.3, 0.4) is 0 Å². The molecule has 3 heteroatoms. The van der Waals surface area contributed by atoms with E-state index in [0.717, 1.165) is 6.54 Å². The summed E-state index contributed by atoms with van der Waals surface area (Å²) in [7, 11) is 0. The Labute approximate surface area is 118 Å². The van der Waals surface area contributed by atoms with Gasteiger partial charge in [0.15, 0.2) is 0 Å². The topological polar surface area (TPSA) is 15.3 Å². The minimum absolute atomic E-state index is 0.310. The molecule has 1 unspecified atom stereocenters. The van der Waals surface area contributed by atoms with Gasteiger partial charge >= 0.3 is 0 Å². The molecule has 0 amide bonds. The fourth-order valence-electron chi connectivity index (χ4n) is 2.95. The van der Waals surface area contributed by atoms with Gasteiger partial charge in [0.25, 0.3) is 0 Å². The number of rotatable bonds is 7. The fourth-order valence-corrected chi connectivity index (χ4v) is 3.59. The van der Waals surface area contributed by atoms with Gasteiger partial charge in [-0.3, -0.25) is 4.90 Å². The summed E-state index contributed by atoms with van der Waals surface area (Å²) in [5.41, 5.74) is 0.702. The van der Waals surface area contributed by atoms with Gasteiger partial charge in [0.2, 0.25) is 0 Å². The van der Waals surface area contributed by atoms with Gasteiger partial charge < -0.3 is 5.32 Å². The van der Waals surface area contributed by atoms with Crippen LogP contribution in [0.4, 0.5) is 0 Å². The van der Waals surface area contributed by atoms with E-state index in [1.54, 1.807) is 0 Å². The maximum Gasteiger partial charge on any atom is 0.0330 e. The van der Waals surface area contributed by atoms with E-state index in [2.05, 4.69) is 56.6 Å². The quantitative estimate of drug-likeness (QED) is 0.715. The van der Waals surface area contributed by atoms with Crippen molar-refractivity contribution in [3.05, 3.63) is 0 Å². The predicted molar refractivity (Wildman–Crippen MR) is 84.6 cm³/mol. The lowest BCUT2D eigenvalue weighted by molar-refractivity contribution is 0.00746. The van der Waals surface area contributed by atoms with E-state index in [1.807, 2.05) is 0 Å². The summed E-state index contributed by atoms with van der Waals surface area (Å²) in [5.74, 6) is 2.51. The van der Waals surface area contributed by atoms with Gasteiger partial charge in [0, 0.05) is 36.5 Å². The molecule has 0 aromatic carbocycles. The standard InChI is InChI=1S/C15H32N2S/c1-6-14(5)13-17(10-11-18-9-4)15(7-2,8-3)12-16-14/h16H,6-13H2,1-5H3. The molecule has 108 valence electrons. The lowest BCUT2D eigenvalue weighted by atomic mass is 9.83. The Morgan fingerprint density at radius 3 is 2.28 bits per heavy atom. The van der Waals surface area contributed by atoms with Gasteiger partial charge in [-0.25, -0.2) is 0 Å². The summed E-state index contributed by atoms with van der Waals surface area (Å²) < 4.78 is 0. The van der Waals surface area contributed by atoms with Crippen LogP contribution in [0.2, 0.25) is 0 Å². The van der Waals surface area contributed by atoms with E-state index in [9.17, 15) is 0 Å². The number of hydrogen-bond donors (Lipinski definition) is 1. The van der Waals surface area contributed by atoms with E-state index >= 15 is 0 Å². The highest BCUT2D eigenvalue weighted by molar-refractivity contribution is 7.99. The highest BCUT2D eigenvalue weighted by Crippen LogP contribution is 2.31. The van der Waals surface area contributed by atoms with Gasteiger partial charge in [-0.1, -0.05) is 27.7 Å². The molecule has 1 heterocycles. The zero-order valence-corrected chi connectivity index (χ0v) is 13.8. The zero-order chi connectivity index (χ0) is 13.6. The highest BCUT2D eigenvalue weighted by Gasteiger charge is 2.42. The first-order chi connectivity index (χ1) is 8.55. The van der Waals surface area contributed by atoms with E-state index in [-0.39, 0.29) is 0 Å². The Bertz CT molecular complexity index is 241. The minimum Gasteiger partial charge on any atom is -0.308 e. The Morgan fingerprint density at radius 1 is 1.11 bits per heavy atom. The van der Waals surface area contributed by atoms with Crippen molar-refractivity contribution in [3.8, 4) is 0 Å². The molecule has 0 radical (unpaired) electrons. The van der Waals surface area contributed by atoms with Gasteiger partial charge in [0.1, 0.15) is 0 Å². The van der Waals surface area contributed by atoms with E-state index < -0.39 is 0 Å². The first kappa shape index (κ1) is 16.3. The van der Waals surface area contributed by atoms with Crippen LogP contribution in [0.5, 0.6) is 0 Å². The molecule has 1 atom stereocenters.